The van der Waals surface area contributed by atoms with Crippen molar-refractivity contribution >= 4 is 34.6 Å². The van der Waals surface area contributed by atoms with Crippen LogP contribution in [0, 0.1) is 5.21 Å². The zero-order valence-electron chi connectivity index (χ0n) is 15.7. The summed E-state index contributed by atoms with van der Waals surface area (Å²) in [7, 11) is 1.46. The van der Waals surface area contributed by atoms with Gasteiger partial charge in [0.2, 0.25) is 5.52 Å². The highest BCUT2D eigenvalue weighted by Crippen LogP contribution is 2.20. The number of nitrogens with zero attached hydrogens (tertiary/aromatic N) is 2. The van der Waals surface area contributed by atoms with Crippen LogP contribution in [0.3, 0.4) is 0 Å². The largest absolute Gasteiger partial charge is 0.618 e. The van der Waals surface area contributed by atoms with Crippen LogP contribution in [0.4, 0.5) is 0 Å². The molecule has 0 amide bonds. The lowest BCUT2D eigenvalue weighted by Crippen LogP contribution is -2.39. The van der Waals surface area contributed by atoms with Crippen LogP contribution in [0.5, 0.6) is 5.75 Å². The van der Waals surface area contributed by atoms with Crippen LogP contribution < -0.4 is 9.47 Å². The number of carbonyl (C=O) groups is 2. The minimum atomic E-state index is -0.872. The van der Waals surface area contributed by atoms with E-state index in [0.29, 0.717) is 16.0 Å². The Bertz CT molecular complexity index is 1090. The molecule has 0 unspecified atom stereocenters. The molecule has 0 fully saturated rings. The number of rotatable bonds is 6. The van der Waals surface area contributed by atoms with Crippen molar-refractivity contribution < 1.29 is 28.5 Å². The van der Waals surface area contributed by atoms with Crippen molar-refractivity contribution in [2.24, 2.45) is 0 Å². The number of hydrogen-bond donors (Lipinski definition) is 0. The summed E-state index contributed by atoms with van der Waals surface area (Å²) in [6.45, 7) is 1.26. The van der Waals surface area contributed by atoms with Crippen molar-refractivity contribution in [3.63, 3.8) is 0 Å². The highest BCUT2D eigenvalue weighted by Gasteiger charge is 2.29. The number of hydrogen-bond acceptors (Lipinski definition) is 7. The molecule has 0 aliphatic carbocycles. The van der Waals surface area contributed by atoms with Crippen LogP contribution in [0.15, 0.2) is 42.5 Å². The molecule has 1 aromatic heterocycles. The summed E-state index contributed by atoms with van der Waals surface area (Å²) >= 11 is 6.00. The maximum absolute atomic E-state index is 12.9. The Morgan fingerprint density at radius 1 is 1.14 bits per heavy atom. The standard InChI is InChI=1S/C20H17ClN2O6/c1-3-28-20(25)18-16(11-29-19(24)13-6-4-5-7-14(13)21)22-15-9-8-12(27-2)10-17(15)23(18)26/h4-10H,3,11H2,1-2H3. The van der Waals surface area contributed by atoms with Crippen molar-refractivity contribution in [2.45, 2.75) is 13.5 Å². The Labute approximate surface area is 171 Å². The molecule has 1 heterocycles. The molecule has 0 saturated carbocycles. The number of esters is 2. The van der Waals surface area contributed by atoms with Crippen LogP contribution in [-0.2, 0) is 16.1 Å². The van der Waals surface area contributed by atoms with Gasteiger partial charge in [-0.2, -0.15) is 4.73 Å². The van der Waals surface area contributed by atoms with Crippen molar-refractivity contribution in [1.29, 1.82) is 0 Å². The fourth-order valence-corrected chi connectivity index (χ4v) is 2.88. The minimum absolute atomic E-state index is 0.0310. The van der Waals surface area contributed by atoms with Crippen molar-refractivity contribution in [3.05, 3.63) is 69.6 Å². The van der Waals surface area contributed by atoms with E-state index in [1.54, 1.807) is 37.3 Å². The highest BCUT2D eigenvalue weighted by molar-refractivity contribution is 6.33. The summed E-state index contributed by atoms with van der Waals surface area (Å²) in [5, 5.41) is 13.1. The zero-order valence-corrected chi connectivity index (χ0v) is 16.4. The van der Waals surface area contributed by atoms with E-state index in [2.05, 4.69) is 4.98 Å². The molecule has 0 aliphatic heterocycles. The fourth-order valence-electron chi connectivity index (χ4n) is 2.66. The van der Waals surface area contributed by atoms with Crippen LogP contribution in [0.2, 0.25) is 5.02 Å². The molecule has 150 valence electrons. The van der Waals surface area contributed by atoms with Crippen LogP contribution >= 0.6 is 11.6 Å². The Morgan fingerprint density at radius 3 is 2.59 bits per heavy atom. The van der Waals surface area contributed by atoms with Gasteiger partial charge in [-0.05, 0) is 31.2 Å². The van der Waals surface area contributed by atoms with Gasteiger partial charge in [-0.25, -0.2) is 14.6 Å². The SMILES string of the molecule is CCOC(=O)c1c(COC(=O)c2ccccc2Cl)nc2ccc(OC)cc2[n+]1[O-]. The summed E-state index contributed by atoms with van der Waals surface area (Å²) in [6.07, 6.45) is 0. The molecule has 0 spiro atoms. The van der Waals surface area contributed by atoms with Gasteiger partial charge in [-0.15, -0.1) is 0 Å². The predicted octanol–water partition coefficient (Wildman–Crippen LogP) is 3.06. The molecule has 0 atom stereocenters. The maximum atomic E-state index is 12.9. The quantitative estimate of drug-likeness (QED) is 0.345. The average Bonchev–Trinajstić information content (AvgIpc) is 2.72. The van der Waals surface area contributed by atoms with Crippen LogP contribution in [0.1, 0.15) is 33.5 Å². The Hall–Kier alpha value is -3.39. The molecule has 0 saturated heterocycles. The van der Waals surface area contributed by atoms with Gasteiger partial charge in [-0.1, -0.05) is 23.7 Å². The molecular weight excluding hydrogens is 400 g/mol. The predicted molar refractivity (Wildman–Crippen MR) is 104 cm³/mol. The van der Waals surface area contributed by atoms with Gasteiger partial charge in [-0.3, -0.25) is 0 Å². The smallest absolute Gasteiger partial charge is 0.407 e. The van der Waals surface area contributed by atoms with Gasteiger partial charge in [0.05, 0.1) is 30.4 Å². The maximum Gasteiger partial charge on any atom is 0.407 e. The van der Waals surface area contributed by atoms with Crippen molar-refractivity contribution in [2.75, 3.05) is 13.7 Å². The summed E-state index contributed by atoms with van der Waals surface area (Å²) in [4.78, 5) is 29.0. The van der Waals surface area contributed by atoms with E-state index < -0.39 is 18.5 Å². The van der Waals surface area contributed by atoms with Gasteiger partial charge >= 0.3 is 17.6 Å². The van der Waals surface area contributed by atoms with E-state index in [1.807, 2.05) is 0 Å². The molecule has 0 N–H and O–H groups in total. The van der Waals surface area contributed by atoms with Gasteiger partial charge in [0, 0.05) is 0 Å². The second-order valence-electron chi connectivity index (χ2n) is 5.83. The molecular formula is C20H17ClN2O6. The second kappa shape index (κ2) is 8.74. The fraction of sp³-hybridized carbons (Fsp3) is 0.200. The molecule has 2 aromatic carbocycles. The van der Waals surface area contributed by atoms with Crippen LogP contribution in [-0.4, -0.2) is 30.6 Å². The molecule has 3 aromatic rings. The molecule has 9 heteroatoms. The lowest BCUT2D eigenvalue weighted by Gasteiger charge is -2.12. The van der Waals surface area contributed by atoms with E-state index >= 15 is 0 Å². The average molecular weight is 417 g/mol. The van der Waals surface area contributed by atoms with Crippen molar-refractivity contribution in [3.8, 4) is 5.75 Å². The molecule has 29 heavy (non-hydrogen) atoms. The first-order valence-electron chi connectivity index (χ1n) is 8.65. The number of fused-ring (bicyclic) bond motifs is 1. The Balaban J connectivity index is 2.01. The van der Waals surface area contributed by atoms with Gasteiger partial charge < -0.3 is 19.4 Å². The third-order valence-electron chi connectivity index (χ3n) is 4.04. The summed E-state index contributed by atoms with van der Waals surface area (Å²) in [6, 6.07) is 11.0. The van der Waals surface area contributed by atoms with E-state index in [-0.39, 0.29) is 34.1 Å². The number of halogens is 1. The Kier molecular flexibility index (Phi) is 6.13. The topological polar surface area (TPSA) is 102 Å². The first-order valence-corrected chi connectivity index (χ1v) is 9.03. The van der Waals surface area contributed by atoms with Gasteiger partial charge in [0.1, 0.15) is 17.9 Å². The second-order valence-corrected chi connectivity index (χ2v) is 6.24. The number of benzene rings is 2. The lowest BCUT2D eigenvalue weighted by molar-refractivity contribution is -0.581. The molecule has 3 rings (SSSR count). The number of ether oxygens (including phenoxy) is 3. The zero-order chi connectivity index (χ0) is 21.0. The third kappa shape index (κ3) is 4.22. The molecule has 0 radical (unpaired) electrons. The first kappa shape index (κ1) is 20.3. The number of carbonyl (C=O) groups excluding carboxylic acids is 2. The van der Waals surface area contributed by atoms with Gasteiger partial charge in [0.25, 0.3) is 0 Å². The summed E-state index contributed by atoms with van der Waals surface area (Å²) in [5.74, 6) is -1.15. The first-order chi connectivity index (χ1) is 14.0. The molecule has 0 aliphatic rings. The third-order valence-corrected chi connectivity index (χ3v) is 4.37. The van der Waals surface area contributed by atoms with Crippen molar-refractivity contribution in [1.82, 2.24) is 4.98 Å². The monoisotopic (exact) mass is 416 g/mol. The minimum Gasteiger partial charge on any atom is -0.618 e. The lowest BCUT2D eigenvalue weighted by atomic mass is 10.2. The van der Waals surface area contributed by atoms with E-state index in [9.17, 15) is 14.8 Å². The Morgan fingerprint density at radius 2 is 1.90 bits per heavy atom. The number of methoxy groups -OCH3 is 1. The normalized spacial score (nSPS) is 10.6. The van der Waals surface area contributed by atoms with E-state index in [0.717, 1.165) is 0 Å². The van der Waals surface area contributed by atoms with Crippen LogP contribution in [0.25, 0.3) is 11.0 Å². The summed E-state index contributed by atoms with van der Waals surface area (Å²) < 4.78 is 15.7. The highest BCUT2D eigenvalue weighted by atomic mass is 35.5. The van der Waals surface area contributed by atoms with Gasteiger partial charge in [0.15, 0.2) is 5.69 Å². The molecule has 8 nitrogen and oxygen atoms in total. The summed E-state index contributed by atoms with van der Waals surface area (Å²) in [5.41, 5.74) is 0.190. The van der Waals surface area contributed by atoms with E-state index in [4.69, 9.17) is 25.8 Å². The number of aromatic nitrogens is 2. The molecule has 0 bridgehead atoms. The van der Waals surface area contributed by atoms with E-state index in [1.165, 1.54) is 19.2 Å².